The van der Waals surface area contributed by atoms with Crippen LogP contribution in [0, 0.1) is 11.6 Å². The second kappa shape index (κ2) is 8.28. The molecule has 0 unspecified atom stereocenters. The van der Waals surface area contributed by atoms with E-state index in [-0.39, 0.29) is 11.6 Å². The van der Waals surface area contributed by atoms with Crippen LogP contribution in [0.1, 0.15) is 22.3 Å². The standard InChI is InChI=1S/C32H26F2Si/c1-35(2,27-17-23-5-3-7-29(31(23)19-27)21-9-13-25(33)14-10-21)28-18-24-6-4-8-30(32(24)20-28)22-11-15-26(34)16-12-22/h3-16,19-20H,17-18H2,1-2H3. The molecule has 4 aromatic rings. The molecule has 0 atom stereocenters. The summed E-state index contributed by atoms with van der Waals surface area (Å²) in [6, 6.07) is 26.6. The van der Waals surface area contributed by atoms with E-state index in [0.29, 0.717) is 0 Å². The summed E-state index contributed by atoms with van der Waals surface area (Å²) in [5.74, 6) is -0.419. The molecule has 0 heterocycles. The summed E-state index contributed by atoms with van der Waals surface area (Å²) in [5, 5.41) is 3.06. The van der Waals surface area contributed by atoms with E-state index < -0.39 is 8.07 Å². The molecular weight excluding hydrogens is 450 g/mol. The maximum atomic E-state index is 13.5. The molecule has 0 aromatic heterocycles. The van der Waals surface area contributed by atoms with Crippen molar-refractivity contribution < 1.29 is 8.78 Å². The SMILES string of the molecule is C[Si](C)(C1=Cc2c(cccc2-c2ccc(F)cc2)C1)C1=Cc2c(cccc2-c2ccc(F)cc2)C1. The van der Waals surface area contributed by atoms with Crippen LogP contribution in [0.4, 0.5) is 8.78 Å². The quantitative estimate of drug-likeness (QED) is 0.259. The van der Waals surface area contributed by atoms with Gasteiger partial charge in [-0.25, -0.2) is 8.78 Å². The maximum absolute atomic E-state index is 13.5. The Morgan fingerprint density at radius 1 is 0.543 bits per heavy atom. The van der Waals surface area contributed by atoms with Gasteiger partial charge in [-0.1, -0.05) is 96.3 Å². The molecule has 4 aromatic carbocycles. The summed E-state index contributed by atoms with van der Waals surface area (Å²) in [4.78, 5) is 0. The number of halogens is 2. The number of fused-ring (bicyclic) bond motifs is 2. The summed E-state index contributed by atoms with van der Waals surface area (Å²) in [5.41, 5.74) is 9.70. The first kappa shape index (κ1) is 21.9. The minimum absolute atomic E-state index is 0.209. The minimum atomic E-state index is -1.90. The lowest BCUT2D eigenvalue weighted by atomic mass is 9.97. The van der Waals surface area contributed by atoms with Crippen molar-refractivity contribution in [2.75, 3.05) is 0 Å². The highest BCUT2D eigenvalue weighted by atomic mass is 28.3. The smallest absolute Gasteiger partial charge is 0.123 e. The van der Waals surface area contributed by atoms with E-state index >= 15 is 0 Å². The lowest BCUT2D eigenvalue weighted by molar-refractivity contribution is 0.627. The third kappa shape index (κ3) is 3.80. The fraction of sp³-hybridized carbons (Fsp3) is 0.125. The van der Waals surface area contributed by atoms with Gasteiger partial charge >= 0.3 is 0 Å². The molecule has 2 aliphatic carbocycles. The molecule has 0 radical (unpaired) electrons. The zero-order chi connectivity index (χ0) is 24.2. The predicted octanol–water partition coefficient (Wildman–Crippen LogP) is 8.66. The topological polar surface area (TPSA) is 0 Å². The average Bonchev–Trinajstić information content (AvgIpc) is 3.50. The summed E-state index contributed by atoms with van der Waals surface area (Å²) in [6.45, 7) is 4.91. The summed E-state index contributed by atoms with van der Waals surface area (Å²) >= 11 is 0. The van der Waals surface area contributed by atoms with E-state index in [1.54, 1.807) is 0 Å². The number of allylic oxidation sites excluding steroid dienone is 2. The first-order chi connectivity index (χ1) is 16.9. The second-order valence-corrected chi connectivity index (χ2v) is 14.6. The highest BCUT2D eigenvalue weighted by molar-refractivity contribution is 6.92. The van der Waals surface area contributed by atoms with Crippen molar-refractivity contribution in [2.45, 2.75) is 25.9 Å². The normalized spacial score (nSPS) is 14.4. The fourth-order valence-corrected chi connectivity index (χ4v) is 8.20. The summed E-state index contributed by atoms with van der Waals surface area (Å²) < 4.78 is 27.0. The Kier molecular flexibility index (Phi) is 5.19. The van der Waals surface area contributed by atoms with Crippen LogP contribution < -0.4 is 0 Å². The van der Waals surface area contributed by atoms with Crippen LogP contribution in [0.25, 0.3) is 34.4 Å². The molecule has 0 saturated heterocycles. The van der Waals surface area contributed by atoms with Gasteiger partial charge in [0, 0.05) is 0 Å². The molecule has 2 aliphatic rings. The highest BCUT2D eigenvalue weighted by Crippen LogP contribution is 2.43. The van der Waals surface area contributed by atoms with Crippen molar-refractivity contribution in [3.05, 3.63) is 129 Å². The summed E-state index contributed by atoms with van der Waals surface area (Å²) in [6.07, 6.45) is 6.76. The van der Waals surface area contributed by atoms with Crippen molar-refractivity contribution in [1.82, 2.24) is 0 Å². The fourth-order valence-electron chi connectivity index (χ4n) is 5.51. The molecular formula is C32H26F2Si. The van der Waals surface area contributed by atoms with Gasteiger partial charge in [0.05, 0.1) is 0 Å². The molecule has 172 valence electrons. The lowest BCUT2D eigenvalue weighted by Crippen LogP contribution is -2.32. The Morgan fingerprint density at radius 3 is 1.34 bits per heavy atom. The Bertz CT molecular complexity index is 1390. The van der Waals surface area contributed by atoms with Crippen LogP contribution in [-0.2, 0) is 12.8 Å². The van der Waals surface area contributed by atoms with Gasteiger partial charge < -0.3 is 0 Å². The third-order valence-electron chi connectivity index (χ3n) is 7.71. The molecule has 0 amide bonds. The molecule has 0 saturated carbocycles. The molecule has 0 fully saturated rings. The third-order valence-corrected chi connectivity index (χ3v) is 11.6. The van der Waals surface area contributed by atoms with Gasteiger partial charge in [0.25, 0.3) is 0 Å². The number of hydrogen-bond donors (Lipinski definition) is 0. The Morgan fingerprint density at radius 2 is 0.943 bits per heavy atom. The van der Waals surface area contributed by atoms with Gasteiger partial charge in [0.2, 0.25) is 0 Å². The number of rotatable bonds is 4. The van der Waals surface area contributed by atoms with Gasteiger partial charge in [-0.2, -0.15) is 0 Å². The number of benzene rings is 4. The monoisotopic (exact) mass is 476 g/mol. The molecule has 0 aliphatic heterocycles. The van der Waals surface area contributed by atoms with E-state index in [4.69, 9.17) is 0 Å². The summed E-state index contributed by atoms with van der Waals surface area (Å²) in [7, 11) is -1.90. The van der Waals surface area contributed by atoms with Crippen LogP contribution in [0.2, 0.25) is 13.1 Å². The molecule has 0 N–H and O–H groups in total. The van der Waals surface area contributed by atoms with E-state index in [2.05, 4.69) is 61.6 Å². The Balaban J connectivity index is 1.37. The first-order valence-corrected chi connectivity index (χ1v) is 15.1. The molecule has 6 rings (SSSR count). The van der Waals surface area contributed by atoms with Crippen LogP contribution in [0.15, 0.2) is 95.3 Å². The second-order valence-electron chi connectivity index (χ2n) is 10.1. The molecule has 0 nitrogen and oxygen atoms in total. The van der Waals surface area contributed by atoms with Crippen molar-refractivity contribution in [3.63, 3.8) is 0 Å². The van der Waals surface area contributed by atoms with Gasteiger partial charge in [-0.3, -0.25) is 0 Å². The van der Waals surface area contributed by atoms with Crippen molar-refractivity contribution in [1.29, 1.82) is 0 Å². The van der Waals surface area contributed by atoms with Gasteiger partial charge in [0.15, 0.2) is 0 Å². The first-order valence-electron chi connectivity index (χ1n) is 12.1. The minimum Gasteiger partial charge on any atom is -0.207 e. The van der Waals surface area contributed by atoms with Crippen molar-refractivity contribution in [3.8, 4) is 22.3 Å². The van der Waals surface area contributed by atoms with Crippen LogP contribution in [0.5, 0.6) is 0 Å². The molecule has 0 bridgehead atoms. The lowest BCUT2D eigenvalue weighted by Gasteiger charge is -2.26. The van der Waals surface area contributed by atoms with Crippen LogP contribution in [-0.4, -0.2) is 8.07 Å². The highest BCUT2D eigenvalue weighted by Gasteiger charge is 2.36. The van der Waals surface area contributed by atoms with Gasteiger partial charge in [-0.15, -0.1) is 0 Å². The van der Waals surface area contributed by atoms with E-state index in [0.717, 1.165) is 24.0 Å². The average molecular weight is 477 g/mol. The van der Waals surface area contributed by atoms with Crippen molar-refractivity contribution in [2.24, 2.45) is 0 Å². The molecule has 3 heteroatoms. The Hall–Kier alpha value is -3.56. The van der Waals surface area contributed by atoms with E-state index in [1.165, 1.54) is 68.0 Å². The van der Waals surface area contributed by atoms with Gasteiger partial charge in [-0.05, 0) is 81.6 Å². The van der Waals surface area contributed by atoms with Gasteiger partial charge in [0.1, 0.15) is 19.7 Å². The van der Waals surface area contributed by atoms with Crippen LogP contribution in [0.3, 0.4) is 0 Å². The largest absolute Gasteiger partial charge is 0.207 e. The zero-order valence-corrected chi connectivity index (χ0v) is 20.9. The molecule has 35 heavy (non-hydrogen) atoms. The van der Waals surface area contributed by atoms with E-state index in [9.17, 15) is 8.78 Å². The number of hydrogen-bond acceptors (Lipinski definition) is 0. The predicted molar refractivity (Wildman–Crippen MR) is 145 cm³/mol. The van der Waals surface area contributed by atoms with E-state index in [1.807, 2.05) is 24.3 Å². The zero-order valence-electron chi connectivity index (χ0n) is 19.9. The van der Waals surface area contributed by atoms with Crippen LogP contribution >= 0.6 is 0 Å². The van der Waals surface area contributed by atoms with Crippen molar-refractivity contribution >= 4 is 20.2 Å². The maximum Gasteiger partial charge on any atom is 0.123 e. The Labute approximate surface area is 206 Å². The molecule has 0 spiro atoms.